The molecule has 2 aromatic carbocycles. The van der Waals surface area contributed by atoms with Crippen molar-refractivity contribution in [2.24, 2.45) is 0 Å². The van der Waals surface area contributed by atoms with E-state index in [0.717, 1.165) is 16.9 Å². The van der Waals surface area contributed by atoms with Crippen molar-refractivity contribution in [1.29, 1.82) is 0 Å². The zero-order valence-electron chi connectivity index (χ0n) is 17.2. The fraction of sp³-hybridized carbons (Fsp3) is 0.174. The minimum Gasteiger partial charge on any atom is -0.506 e. The van der Waals surface area contributed by atoms with Crippen LogP contribution in [0.4, 0.5) is 5.82 Å². The SMILES string of the molecule is Cc1ccc(-n2nc(NC(=O)Cc3c(C)c4cc(Cl)c(O)cc4oc3=O)cc2C)cc1. The number of nitrogens with zero attached hydrogens (tertiary/aromatic N) is 2. The largest absolute Gasteiger partial charge is 0.506 e. The number of carbonyl (C=O) groups excluding carboxylic acids is 1. The minimum absolute atomic E-state index is 0.136. The van der Waals surface area contributed by atoms with E-state index in [1.54, 1.807) is 17.7 Å². The maximum absolute atomic E-state index is 12.6. The Morgan fingerprint density at radius 2 is 1.87 bits per heavy atom. The maximum Gasteiger partial charge on any atom is 0.340 e. The number of phenols is 1. The normalized spacial score (nSPS) is 11.1. The van der Waals surface area contributed by atoms with Gasteiger partial charge in [0.25, 0.3) is 0 Å². The molecule has 0 aliphatic carbocycles. The Morgan fingerprint density at radius 1 is 1.16 bits per heavy atom. The number of aromatic hydroxyl groups is 1. The summed E-state index contributed by atoms with van der Waals surface area (Å²) in [6, 6.07) is 12.4. The van der Waals surface area contributed by atoms with Gasteiger partial charge in [0.2, 0.25) is 5.91 Å². The van der Waals surface area contributed by atoms with Crippen molar-refractivity contribution in [3.63, 3.8) is 0 Å². The van der Waals surface area contributed by atoms with Crippen LogP contribution in [0.2, 0.25) is 5.02 Å². The van der Waals surface area contributed by atoms with E-state index in [4.69, 9.17) is 16.0 Å². The van der Waals surface area contributed by atoms with Gasteiger partial charge in [0.05, 0.1) is 22.7 Å². The number of hydrogen-bond acceptors (Lipinski definition) is 5. The standard InChI is InChI=1S/C23H20ClN3O4/c1-12-4-6-15(7-5-12)27-13(2)8-21(26-27)25-22(29)10-17-14(3)16-9-18(24)19(28)11-20(16)31-23(17)30/h4-9,11,28H,10H2,1-3H3,(H,25,26,29). The van der Waals surface area contributed by atoms with E-state index >= 15 is 0 Å². The molecule has 0 saturated carbocycles. The van der Waals surface area contributed by atoms with E-state index in [1.807, 2.05) is 38.1 Å². The second-order valence-corrected chi connectivity index (χ2v) is 7.84. The Bertz CT molecular complexity index is 1370. The van der Waals surface area contributed by atoms with Crippen LogP contribution in [0, 0.1) is 20.8 Å². The summed E-state index contributed by atoms with van der Waals surface area (Å²) in [4.78, 5) is 25.1. The summed E-state index contributed by atoms with van der Waals surface area (Å²) in [5.74, 6) is -0.186. The lowest BCUT2D eigenvalue weighted by molar-refractivity contribution is -0.115. The topological polar surface area (TPSA) is 97.4 Å². The van der Waals surface area contributed by atoms with Crippen molar-refractivity contribution in [2.45, 2.75) is 27.2 Å². The molecular formula is C23H20ClN3O4. The van der Waals surface area contributed by atoms with Crippen molar-refractivity contribution >= 4 is 34.3 Å². The fourth-order valence-corrected chi connectivity index (χ4v) is 3.60. The molecule has 31 heavy (non-hydrogen) atoms. The highest BCUT2D eigenvalue weighted by Gasteiger charge is 2.17. The second-order valence-electron chi connectivity index (χ2n) is 7.44. The molecule has 0 atom stereocenters. The van der Waals surface area contributed by atoms with Gasteiger partial charge in [0.1, 0.15) is 11.3 Å². The third-order valence-electron chi connectivity index (χ3n) is 5.13. The lowest BCUT2D eigenvalue weighted by Gasteiger charge is -2.09. The lowest BCUT2D eigenvalue weighted by Crippen LogP contribution is -2.21. The fourth-order valence-electron chi connectivity index (χ4n) is 3.43. The predicted molar refractivity (Wildman–Crippen MR) is 119 cm³/mol. The van der Waals surface area contributed by atoms with Crippen molar-refractivity contribution < 1.29 is 14.3 Å². The maximum atomic E-state index is 12.6. The number of aryl methyl sites for hydroxylation is 3. The molecule has 1 amide bonds. The number of nitrogens with one attached hydrogen (secondary N) is 1. The van der Waals surface area contributed by atoms with E-state index in [2.05, 4.69) is 10.4 Å². The van der Waals surface area contributed by atoms with Gasteiger partial charge in [-0.05, 0) is 44.5 Å². The zero-order chi connectivity index (χ0) is 22.3. The first-order chi connectivity index (χ1) is 14.7. The van der Waals surface area contributed by atoms with E-state index in [1.165, 1.54) is 12.1 Å². The molecule has 0 saturated heterocycles. The van der Waals surface area contributed by atoms with Crippen LogP contribution >= 0.6 is 11.6 Å². The Labute approximate surface area is 182 Å². The van der Waals surface area contributed by atoms with Gasteiger partial charge in [-0.1, -0.05) is 29.3 Å². The smallest absolute Gasteiger partial charge is 0.340 e. The first kappa shape index (κ1) is 20.7. The molecule has 0 spiro atoms. The second kappa shape index (κ2) is 7.92. The van der Waals surface area contributed by atoms with E-state index in [9.17, 15) is 14.7 Å². The highest BCUT2D eigenvalue weighted by atomic mass is 35.5. The number of halogens is 1. The van der Waals surface area contributed by atoms with Crippen molar-refractivity contribution in [3.05, 3.63) is 80.3 Å². The summed E-state index contributed by atoms with van der Waals surface area (Å²) in [6.07, 6.45) is -0.182. The van der Waals surface area contributed by atoms with Gasteiger partial charge >= 0.3 is 5.63 Å². The molecule has 7 nitrogen and oxygen atoms in total. The number of phenolic OH excluding ortho intramolecular Hbond substituents is 1. The molecule has 0 unspecified atom stereocenters. The molecule has 0 bridgehead atoms. The summed E-state index contributed by atoms with van der Waals surface area (Å²) in [5, 5.41) is 17.6. The van der Waals surface area contributed by atoms with Crippen LogP contribution in [0.25, 0.3) is 16.7 Å². The first-order valence-electron chi connectivity index (χ1n) is 9.61. The van der Waals surface area contributed by atoms with Gasteiger partial charge in [-0.25, -0.2) is 9.48 Å². The number of amides is 1. The number of anilines is 1. The molecule has 4 aromatic rings. The van der Waals surface area contributed by atoms with Crippen LogP contribution in [0.15, 0.2) is 51.7 Å². The monoisotopic (exact) mass is 437 g/mol. The average Bonchev–Trinajstić information content (AvgIpc) is 3.07. The van der Waals surface area contributed by atoms with Gasteiger partial charge in [-0.3, -0.25) is 4.79 Å². The summed E-state index contributed by atoms with van der Waals surface area (Å²) in [6.45, 7) is 5.61. The molecular weight excluding hydrogens is 418 g/mol. The molecule has 4 rings (SSSR count). The molecule has 0 fully saturated rings. The quantitative estimate of drug-likeness (QED) is 0.460. The summed E-state index contributed by atoms with van der Waals surface area (Å²) in [5.41, 5.74) is 3.25. The van der Waals surface area contributed by atoms with Crippen LogP contribution < -0.4 is 10.9 Å². The number of carbonyl (C=O) groups is 1. The summed E-state index contributed by atoms with van der Waals surface area (Å²) < 4.78 is 7.01. The number of fused-ring (bicyclic) bond motifs is 1. The Kier molecular flexibility index (Phi) is 5.29. The molecule has 2 aromatic heterocycles. The van der Waals surface area contributed by atoms with Crippen LogP contribution in [0.3, 0.4) is 0 Å². The highest BCUT2D eigenvalue weighted by molar-refractivity contribution is 6.32. The molecule has 0 radical (unpaired) electrons. The molecule has 2 N–H and O–H groups in total. The van der Waals surface area contributed by atoms with Crippen LogP contribution in [-0.4, -0.2) is 20.8 Å². The highest BCUT2D eigenvalue weighted by Crippen LogP contribution is 2.30. The van der Waals surface area contributed by atoms with Gasteiger partial charge in [-0.15, -0.1) is 5.10 Å². The van der Waals surface area contributed by atoms with Gasteiger partial charge in [0.15, 0.2) is 5.82 Å². The third kappa shape index (κ3) is 4.04. The first-order valence-corrected chi connectivity index (χ1v) is 9.99. The van der Waals surface area contributed by atoms with Gasteiger partial charge in [-0.2, -0.15) is 0 Å². The molecule has 0 aliphatic rings. The number of aromatic nitrogens is 2. The van der Waals surface area contributed by atoms with Gasteiger partial charge in [0, 0.05) is 23.2 Å². The number of rotatable bonds is 4. The third-order valence-corrected chi connectivity index (χ3v) is 5.43. The predicted octanol–water partition coefficient (Wildman–Crippen LogP) is 4.44. The van der Waals surface area contributed by atoms with Crippen LogP contribution in [0.5, 0.6) is 5.75 Å². The van der Waals surface area contributed by atoms with Crippen LogP contribution in [0.1, 0.15) is 22.4 Å². The van der Waals surface area contributed by atoms with Crippen molar-refractivity contribution in [1.82, 2.24) is 9.78 Å². The Morgan fingerprint density at radius 3 is 2.58 bits per heavy atom. The minimum atomic E-state index is -0.636. The van der Waals surface area contributed by atoms with Gasteiger partial charge < -0.3 is 14.8 Å². The lowest BCUT2D eigenvalue weighted by atomic mass is 10.0. The molecule has 2 heterocycles. The summed E-state index contributed by atoms with van der Waals surface area (Å²) in [7, 11) is 0. The van der Waals surface area contributed by atoms with E-state index in [-0.39, 0.29) is 28.3 Å². The number of hydrogen-bond donors (Lipinski definition) is 2. The van der Waals surface area contributed by atoms with Crippen molar-refractivity contribution in [2.75, 3.05) is 5.32 Å². The van der Waals surface area contributed by atoms with E-state index in [0.29, 0.717) is 16.8 Å². The zero-order valence-corrected chi connectivity index (χ0v) is 17.9. The molecule has 8 heteroatoms. The Hall–Kier alpha value is -3.58. The van der Waals surface area contributed by atoms with E-state index < -0.39 is 11.5 Å². The molecule has 158 valence electrons. The average molecular weight is 438 g/mol. The Balaban J connectivity index is 1.59. The van der Waals surface area contributed by atoms with Crippen LogP contribution in [-0.2, 0) is 11.2 Å². The number of benzene rings is 2. The summed E-state index contributed by atoms with van der Waals surface area (Å²) >= 11 is 5.98. The molecule has 0 aliphatic heterocycles. The van der Waals surface area contributed by atoms with Crippen molar-refractivity contribution in [3.8, 4) is 11.4 Å².